The van der Waals surface area contributed by atoms with Crippen molar-refractivity contribution in [3.8, 4) is 0 Å². The smallest absolute Gasteiger partial charge is 0.135 e. The summed E-state index contributed by atoms with van der Waals surface area (Å²) in [6.45, 7) is 4.41. The van der Waals surface area contributed by atoms with Crippen LogP contribution in [-0.4, -0.2) is 0 Å². The van der Waals surface area contributed by atoms with Gasteiger partial charge in [0.05, 0.1) is 0 Å². The second kappa shape index (κ2) is 6.47. The van der Waals surface area contributed by atoms with Crippen LogP contribution in [0.5, 0.6) is 0 Å². The lowest BCUT2D eigenvalue weighted by Crippen LogP contribution is -1.95. The Morgan fingerprint density at radius 2 is 1.13 bits per heavy atom. The molecule has 30 heavy (non-hydrogen) atoms. The molecule has 0 atom stereocenters. The molecule has 0 saturated carbocycles. The molecular formula is C29H22O. The number of aryl methyl sites for hydroxylation is 2. The molecule has 6 rings (SSSR count). The Bertz CT molecular complexity index is 1530. The molecule has 0 amide bonds. The molecule has 144 valence electrons. The highest BCUT2D eigenvalue weighted by atomic mass is 16.3. The van der Waals surface area contributed by atoms with Crippen molar-refractivity contribution in [1.82, 2.24) is 0 Å². The predicted octanol–water partition coefficient (Wildman–Crippen LogP) is 8.10. The van der Waals surface area contributed by atoms with Crippen LogP contribution in [0.4, 0.5) is 0 Å². The minimum Gasteiger partial charge on any atom is -0.456 e. The van der Waals surface area contributed by atoms with Crippen molar-refractivity contribution in [2.75, 3.05) is 0 Å². The van der Waals surface area contributed by atoms with E-state index in [-0.39, 0.29) is 0 Å². The van der Waals surface area contributed by atoms with Crippen LogP contribution in [0.3, 0.4) is 0 Å². The largest absolute Gasteiger partial charge is 0.456 e. The van der Waals surface area contributed by atoms with Gasteiger partial charge in [0.2, 0.25) is 0 Å². The first-order chi connectivity index (χ1) is 14.7. The fourth-order valence-electron chi connectivity index (χ4n) is 5.08. The van der Waals surface area contributed by atoms with Gasteiger partial charge in [0.15, 0.2) is 0 Å². The Morgan fingerprint density at radius 1 is 0.567 bits per heavy atom. The third-order valence-corrected chi connectivity index (χ3v) is 6.50. The molecule has 1 heterocycles. The van der Waals surface area contributed by atoms with Gasteiger partial charge in [-0.15, -0.1) is 0 Å². The lowest BCUT2D eigenvalue weighted by Gasteiger charge is -2.15. The third kappa shape index (κ3) is 2.42. The SMILES string of the molecule is Cc1c2ccccc2c(Cc2cccc3oc4cccc(C)c4c23)c2ccccc12. The summed E-state index contributed by atoms with van der Waals surface area (Å²) < 4.78 is 6.21. The summed E-state index contributed by atoms with van der Waals surface area (Å²) in [6, 6.07) is 30.4. The Balaban J connectivity index is 1.70. The molecule has 5 aromatic carbocycles. The molecule has 0 aliphatic heterocycles. The zero-order valence-corrected chi connectivity index (χ0v) is 17.2. The molecule has 0 unspecified atom stereocenters. The molecule has 0 aliphatic carbocycles. The van der Waals surface area contributed by atoms with Gasteiger partial charge in [-0.3, -0.25) is 0 Å². The van der Waals surface area contributed by atoms with E-state index in [0.29, 0.717) is 0 Å². The first-order valence-electron chi connectivity index (χ1n) is 10.5. The summed E-state index contributed by atoms with van der Waals surface area (Å²) in [5.41, 5.74) is 7.26. The summed E-state index contributed by atoms with van der Waals surface area (Å²) in [7, 11) is 0. The second-order valence-corrected chi connectivity index (χ2v) is 8.21. The molecule has 6 aromatic rings. The molecule has 0 fully saturated rings. The van der Waals surface area contributed by atoms with Gasteiger partial charge in [-0.2, -0.15) is 0 Å². The van der Waals surface area contributed by atoms with E-state index in [1.165, 1.54) is 54.6 Å². The van der Waals surface area contributed by atoms with Crippen LogP contribution >= 0.6 is 0 Å². The normalized spacial score (nSPS) is 11.8. The molecule has 0 saturated heterocycles. The highest BCUT2D eigenvalue weighted by Gasteiger charge is 2.16. The van der Waals surface area contributed by atoms with Crippen molar-refractivity contribution in [2.45, 2.75) is 20.3 Å². The van der Waals surface area contributed by atoms with E-state index in [9.17, 15) is 0 Å². The van der Waals surface area contributed by atoms with E-state index in [0.717, 1.165) is 17.6 Å². The second-order valence-electron chi connectivity index (χ2n) is 8.21. The van der Waals surface area contributed by atoms with Gasteiger partial charge >= 0.3 is 0 Å². The maximum absolute atomic E-state index is 6.21. The topological polar surface area (TPSA) is 13.1 Å². The Labute approximate surface area is 175 Å². The van der Waals surface area contributed by atoms with Crippen LogP contribution in [0.1, 0.15) is 22.3 Å². The zero-order chi connectivity index (χ0) is 20.2. The number of furan rings is 1. The quantitative estimate of drug-likeness (QED) is 0.274. The molecule has 1 nitrogen and oxygen atoms in total. The van der Waals surface area contributed by atoms with E-state index in [1.54, 1.807) is 0 Å². The maximum Gasteiger partial charge on any atom is 0.135 e. The molecule has 0 bridgehead atoms. The summed E-state index contributed by atoms with van der Waals surface area (Å²) in [5.74, 6) is 0. The van der Waals surface area contributed by atoms with Crippen LogP contribution < -0.4 is 0 Å². The Hall–Kier alpha value is -3.58. The molecule has 1 aromatic heterocycles. The Morgan fingerprint density at radius 3 is 1.80 bits per heavy atom. The third-order valence-electron chi connectivity index (χ3n) is 6.50. The van der Waals surface area contributed by atoms with Gasteiger partial charge in [-0.05, 0) is 76.2 Å². The zero-order valence-electron chi connectivity index (χ0n) is 17.2. The average Bonchev–Trinajstić information content (AvgIpc) is 3.17. The van der Waals surface area contributed by atoms with Crippen LogP contribution in [0.2, 0.25) is 0 Å². The van der Waals surface area contributed by atoms with Crippen molar-refractivity contribution in [2.24, 2.45) is 0 Å². The summed E-state index contributed by atoms with van der Waals surface area (Å²) in [6.07, 6.45) is 0.877. The molecule has 0 spiro atoms. The van der Waals surface area contributed by atoms with Gasteiger partial charge in [-0.25, -0.2) is 0 Å². The van der Waals surface area contributed by atoms with Crippen LogP contribution in [-0.2, 0) is 6.42 Å². The monoisotopic (exact) mass is 386 g/mol. The van der Waals surface area contributed by atoms with Crippen molar-refractivity contribution in [3.05, 3.63) is 107 Å². The molecule has 0 radical (unpaired) electrons. The standard InChI is InChI=1S/C29H22O/c1-18-9-7-15-26-28(18)29-20(10-8-16-27(29)30-26)17-25-23-13-5-3-11-21(23)19(2)22-12-4-6-14-24(22)25/h3-16H,17H2,1-2H3. The van der Waals surface area contributed by atoms with Crippen LogP contribution in [0.25, 0.3) is 43.5 Å². The summed E-state index contributed by atoms with van der Waals surface area (Å²) in [5, 5.41) is 7.85. The average molecular weight is 386 g/mol. The van der Waals surface area contributed by atoms with Gasteiger partial charge in [0.1, 0.15) is 11.2 Å². The van der Waals surface area contributed by atoms with E-state index in [4.69, 9.17) is 4.42 Å². The highest BCUT2D eigenvalue weighted by Crippen LogP contribution is 2.38. The van der Waals surface area contributed by atoms with Crippen molar-refractivity contribution in [3.63, 3.8) is 0 Å². The van der Waals surface area contributed by atoms with E-state index < -0.39 is 0 Å². The van der Waals surface area contributed by atoms with Crippen molar-refractivity contribution >= 4 is 43.5 Å². The van der Waals surface area contributed by atoms with Gasteiger partial charge < -0.3 is 4.42 Å². The summed E-state index contributed by atoms with van der Waals surface area (Å²) in [4.78, 5) is 0. The summed E-state index contributed by atoms with van der Waals surface area (Å²) >= 11 is 0. The number of hydrogen-bond acceptors (Lipinski definition) is 1. The van der Waals surface area contributed by atoms with Crippen LogP contribution in [0, 0.1) is 13.8 Å². The molecular weight excluding hydrogens is 364 g/mol. The van der Waals surface area contributed by atoms with E-state index in [1.807, 2.05) is 0 Å². The van der Waals surface area contributed by atoms with Gasteiger partial charge in [0, 0.05) is 10.8 Å². The fourth-order valence-corrected chi connectivity index (χ4v) is 5.08. The van der Waals surface area contributed by atoms with E-state index in [2.05, 4.69) is 98.8 Å². The molecule has 1 heteroatoms. The maximum atomic E-state index is 6.21. The minimum absolute atomic E-state index is 0.877. The fraction of sp³-hybridized carbons (Fsp3) is 0.103. The number of fused-ring (bicyclic) bond motifs is 5. The van der Waals surface area contributed by atoms with Gasteiger partial charge in [0.25, 0.3) is 0 Å². The Kier molecular flexibility index (Phi) is 3.73. The minimum atomic E-state index is 0.877. The van der Waals surface area contributed by atoms with Crippen LogP contribution in [0.15, 0.2) is 89.3 Å². The van der Waals surface area contributed by atoms with E-state index >= 15 is 0 Å². The highest BCUT2D eigenvalue weighted by molar-refractivity contribution is 6.10. The lowest BCUT2D eigenvalue weighted by molar-refractivity contribution is 0.668. The lowest BCUT2D eigenvalue weighted by atomic mass is 9.88. The molecule has 0 aliphatic rings. The first-order valence-corrected chi connectivity index (χ1v) is 10.5. The number of hydrogen-bond donors (Lipinski definition) is 0. The molecule has 0 N–H and O–H groups in total. The first kappa shape index (κ1) is 17.3. The predicted molar refractivity (Wildman–Crippen MR) is 127 cm³/mol. The van der Waals surface area contributed by atoms with Gasteiger partial charge in [-0.1, -0.05) is 72.8 Å². The number of benzene rings is 5. The van der Waals surface area contributed by atoms with Crippen molar-refractivity contribution in [1.29, 1.82) is 0 Å². The van der Waals surface area contributed by atoms with Crippen molar-refractivity contribution < 1.29 is 4.42 Å². The number of rotatable bonds is 2.